The number of H-pyrrole nitrogens is 1. The van der Waals surface area contributed by atoms with E-state index in [0.717, 1.165) is 30.3 Å². The van der Waals surface area contributed by atoms with Crippen molar-refractivity contribution in [3.05, 3.63) is 30.0 Å². The number of nitrogens with zero attached hydrogens (tertiary/aromatic N) is 3. The second-order valence-electron chi connectivity index (χ2n) is 7.38. The van der Waals surface area contributed by atoms with Crippen molar-refractivity contribution in [2.45, 2.75) is 25.3 Å². The lowest BCUT2D eigenvalue weighted by Crippen LogP contribution is -2.44. The van der Waals surface area contributed by atoms with Crippen molar-refractivity contribution in [1.82, 2.24) is 20.0 Å². The van der Waals surface area contributed by atoms with Crippen LogP contribution in [0.4, 0.5) is 0 Å². The minimum atomic E-state index is -0.749. The molecule has 1 amide bonds. The predicted molar refractivity (Wildman–Crippen MR) is 92.3 cm³/mol. The third kappa shape index (κ3) is 2.68. The topological polar surface area (TPSA) is 89.5 Å². The van der Waals surface area contributed by atoms with Crippen molar-refractivity contribution in [3.8, 4) is 0 Å². The van der Waals surface area contributed by atoms with Gasteiger partial charge in [0.25, 0.3) is 5.91 Å². The SMILES string of the molecule is CN1CC2(CCN(C(=O)c3n[nH]c4ccccc34)CC2)C[C@H]1C(=O)O. The zero-order chi connectivity index (χ0) is 17.6. The number of likely N-dealkylation sites (tertiary alicyclic amines) is 2. The Morgan fingerprint density at radius 2 is 2.00 bits per heavy atom. The Labute approximate surface area is 145 Å². The fraction of sp³-hybridized carbons (Fsp3) is 0.500. The van der Waals surface area contributed by atoms with E-state index in [1.807, 2.05) is 41.1 Å². The van der Waals surface area contributed by atoms with Crippen LogP contribution in [0.3, 0.4) is 0 Å². The summed E-state index contributed by atoms with van der Waals surface area (Å²) in [6, 6.07) is 7.22. The summed E-state index contributed by atoms with van der Waals surface area (Å²) < 4.78 is 0. The lowest BCUT2D eigenvalue weighted by Gasteiger charge is -2.39. The summed E-state index contributed by atoms with van der Waals surface area (Å²) in [5, 5.41) is 17.3. The van der Waals surface area contributed by atoms with E-state index in [2.05, 4.69) is 10.2 Å². The second-order valence-corrected chi connectivity index (χ2v) is 7.38. The molecule has 25 heavy (non-hydrogen) atoms. The Kier molecular flexibility index (Phi) is 3.76. The zero-order valence-electron chi connectivity index (χ0n) is 14.2. The molecule has 1 atom stereocenters. The summed E-state index contributed by atoms with van der Waals surface area (Å²) in [5.41, 5.74) is 1.35. The molecule has 3 heterocycles. The largest absolute Gasteiger partial charge is 0.480 e. The molecule has 2 saturated heterocycles. The summed E-state index contributed by atoms with van der Waals surface area (Å²) in [6.45, 7) is 2.09. The van der Waals surface area contributed by atoms with Crippen LogP contribution in [0.1, 0.15) is 29.8 Å². The maximum atomic E-state index is 12.9. The third-order valence-electron chi connectivity index (χ3n) is 5.81. The van der Waals surface area contributed by atoms with Crippen molar-refractivity contribution in [3.63, 3.8) is 0 Å². The van der Waals surface area contributed by atoms with Gasteiger partial charge in [0.05, 0.1) is 5.52 Å². The smallest absolute Gasteiger partial charge is 0.320 e. The number of fused-ring (bicyclic) bond motifs is 1. The first-order chi connectivity index (χ1) is 12.0. The molecular formula is C18H22N4O3. The van der Waals surface area contributed by atoms with Crippen molar-refractivity contribution in [2.24, 2.45) is 5.41 Å². The van der Waals surface area contributed by atoms with Crippen molar-refractivity contribution >= 4 is 22.8 Å². The van der Waals surface area contributed by atoms with Crippen LogP contribution in [0.25, 0.3) is 10.9 Å². The van der Waals surface area contributed by atoms with Gasteiger partial charge in [-0.25, -0.2) is 0 Å². The van der Waals surface area contributed by atoms with Crippen LogP contribution in [0.5, 0.6) is 0 Å². The van der Waals surface area contributed by atoms with Gasteiger partial charge in [-0.2, -0.15) is 5.10 Å². The molecule has 2 aromatic rings. The van der Waals surface area contributed by atoms with Gasteiger partial charge in [-0.3, -0.25) is 19.6 Å². The first-order valence-corrected chi connectivity index (χ1v) is 8.65. The molecule has 1 aromatic heterocycles. The van der Waals surface area contributed by atoms with Gasteiger partial charge in [0.1, 0.15) is 6.04 Å². The highest BCUT2D eigenvalue weighted by atomic mass is 16.4. The molecule has 0 unspecified atom stereocenters. The molecule has 2 fully saturated rings. The Hall–Kier alpha value is -2.41. The first-order valence-electron chi connectivity index (χ1n) is 8.65. The molecule has 132 valence electrons. The van der Waals surface area contributed by atoms with E-state index < -0.39 is 12.0 Å². The van der Waals surface area contributed by atoms with Crippen LogP contribution in [-0.4, -0.2) is 69.7 Å². The summed E-state index contributed by atoms with van der Waals surface area (Å²) in [5.74, 6) is -0.797. The highest BCUT2D eigenvalue weighted by Crippen LogP contribution is 2.43. The van der Waals surface area contributed by atoms with E-state index in [9.17, 15) is 14.7 Å². The number of aliphatic carboxylic acids is 1. The lowest BCUT2D eigenvalue weighted by molar-refractivity contribution is -0.141. The number of likely N-dealkylation sites (N-methyl/N-ethyl adjacent to an activating group) is 1. The number of rotatable bonds is 2. The number of aromatic nitrogens is 2. The number of nitrogens with one attached hydrogen (secondary N) is 1. The Morgan fingerprint density at radius 3 is 2.68 bits per heavy atom. The number of carbonyl (C=O) groups is 2. The number of carboxylic acids is 1. The average molecular weight is 342 g/mol. The van der Waals surface area contributed by atoms with Crippen LogP contribution in [-0.2, 0) is 4.79 Å². The first kappa shape index (κ1) is 16.1. The number of hydrogen-bond donors (Lipinski definition) is 2. The maximum absolute atomic E-state index is 12.9. The molecule has 4 rings (SSSR count). The number of amides is 1. The summed E-state index contributed by atoms with van der Waals surface area (Å²) in [6.07, 6.45) is 2.36. The third-order valence-corrected chi connectivity index (χ3v) is 5.81. The molecule has 2 aliphatic heterocycles. The van der Waals surface area contributed by atoms with E-state index in [-0.39, 0.29) is 11.3 Å². The average Bonchev–Trinajstić information content (AvgIpc) is 3.16. The zero-order valence-corrected chi connectivity index (χ0v) is 14.2. The van der Waals surface area contributed by atoms with Crippen molar-refractivity contribution in [1.29, 1.82) is 0 Å². The normalized spacial score (nSPS) is 23.4. The van der Waals surface area contributed by atoms with Crippen LogP contribution < -0.4 is 0 Å². The van der Waals surface area contributed by atoms with Gasteiger partial charge in [-0.1, -0.05) is 18.2 Å². The van der Waals surface area contributed by atoms with Crippen LogP contribution >= 0.6 is 0 Å². The summed E-state index contributed by atoms with van der Waals surface area (Å²) >= 11 is 0. The summed E-state index contributed by atoms with van der Waals surface area (Å²) in [7, 11) is 1.88. The highest BCUT2D eigenvalue weighted by molar-refractivity contribution is 6.04. The molecule has 0 saturated carbocycles. The van der Waals surface area contributed by atoms with Gasteiger partial charge in [-0.15, -0.1) is 0 Å². The van der Waals surface area contributed by atoms with Gasteiger partial charge >= 0.3 is 5.97 Å². The number of para-hydroxylation sites is 1. The fourth-order valence-electron chi connectivity index (χ4n) is 4.37. The Balaban J connectivity index is 1.47. The van der Waals surface area contributed by atoms with Gasteiger partial charge in [0.2, 0.25) is 0 Å². The standard InChI is InChI=1S/C18H22N4O3/c1-21-11-18(10-14(21)17(24)25)6-8-22(9-7-18)16(23)15-12-4-2-3-5-13(12)19-20-15/h2-5,14H,6-11H2,1H3,(H,19,20)(H,24,25)/t14-/m0/s1. The molecule has 0 bridgehead atoms. The lowest BCUT2D eigenvalue weighted by atomic mass is 9.76. The van der Waals surface area contributed by atoms with Crippen LogP contribution in [0.2, 0.25) is 0 Å². The number of hydrogen-bond acceptors (Lipinski definition) is 4. The predicted octanol–water partition coefficient (Wildman–Crippen LogP) is 1.57. The van der Waals surface area contributed by atoms with E-state index in [1.165, 1.54) is 0 Å². The van der Waals surface area contributed by atoms with Crippen molar-refractivity contribution in [2.75, 3.05) is 26.7 Å². The minimum Gasteiger partial charge on any atom is -0.480 e. The molecule has 0 aliphatic carbocycles. The van der Waals surface area contributed by atoms with Gasteiger partial charge < -0.3 is 10.0 Å². The number of carboxylic acid groups (broad SMARTS) is 1. The van der Waals surface area contributed by atoms with Gasteiger partial charge in [0, 0.05) is 25.0 Å². The van der Waals surface area contributed by atoms with Gasteiger partial charge in [-0.05, 0) is 37.8 Å². The number of piperidine rings is 1. The minimum absolute atomic E-state index is 0.0161. The fourth-order valence-corrected chi connectivity index (χ4v) is 4.37. The molecule has 7 heteroatoms. The molecule has 7 nitrogen and oxygen atoms in total. The van der Waals surface area contributed by atoms with E-state index >= 15 is 0 Å². The Morgan fingerprint density at radius 1 is 1.28 bits per heavy atom. The molecule has 0 radical (unpaired) electrons. The van der Waals surface area contributed by atoms with E-state index in [4.69, 9.17) is 0 Å². The molecule has 1 aromatic carbocycles. The number of benzene rings is 1. The Bertz CT molecular complexity index is 823. The number of carbonyl (C=O) groups excluding carboxylic acids is 1. The molecule has 2 aliphatic rings. The maximum Gasteiger partial charge on any atom is 0.320 e. The number of aromatic amines is 1. The van der Waals surface area contributed by atoms with E-state index in [1.54, 1.807) is 0 Å². The van der Waals surface area contributed by atoms with Gasteiger partial charge in [0.15, 0.2) is 5.69 Å². The highest BCUT2D eigenvalue weighted by Gasteiger charge is 2.47. The second kappa shape index (κ2) is 5.84. The summed E-state index contributed by atoms with van der Waals surface area (Å²) in [4.78, 5) is 28.0. The monoisotopic (exact) mass is 342 g/mol. The van der Waals surface area contributed by atoms with Crippen LogP contribution in [0, 0.1) is 5.41 Å². The molecule has 2 N–H and O–H groups in total. The van der Waals surface area contributed by atoms with Crippen molar-refractivity contribution < 1.29 is 14.7 Å². The molecule has 1 spiro atoms. The quantitative estimate of drug-likeness (QED) is 0.865. The molecular weight excluding hydrogens is 320 g/mol. The van der Waals surface area contributed by atoms with E-state index in [0.29, 0.717) is 25.2 Å². The van der Waals surface area contributed by atoms with Crippen LogP contribution in [0.15, 0.2) is 24.3 Å².